The van der Waals surface area contributed by atoms with Crippen LogP contribution in [0.3, 0.4) is 0 Å². The molecule has 2 aromatic heterocycles. The molecule has 1 aromatic carbocycles. The van der Waals surface area contributed by atoms with E-state index in [1.165, 1.54) is 25.0 Å². The standard InChI is InChI=1S/C23H26Cl2FN7O/c24-13-9-16(25)19(17(26)10-13)31-23-30-18-11-28-22(29-14-3-1-2-4-14)32-21(18)33(23)15-7-5-12(6-8-15)20(27)34/h9-12,14-15H,1-8H2,(H2,27,34)(H,30,31)(H,28,29,32)/t12-,15+. The van der Waals surface area contributed by atoms with Gasteiger partial charge in [-0.3, -0.25) is 9.36 Å². The normalized spacial score (nSPS) is 21.1. The van der Waals surface area contributed by atoms with Gasteiger partial charge in [0.15, 0.2) is 5.65 Å². The molecule has 2 aliphatic rings. The van der Waals surface area contributed by atoms with E-state index in [0.717, 1.165) is 25.7 Å². The van der Waals surface area contributed by atoms with E-state index in [9.17, 15) is 9.18 Å². The van der Waals surface area contributed by atoms with Gasteiger partial charge in [0.1, 0.15) is 11.3 Å². The minimum absolute atomic E-state index is 0.00599. The third-order valence-corrected chi connectivity index (χ3v) is 7.35. The second-order valence-electron chi connectivity index (χ2n) is 9.11. The zero-order chi connectivity index (χ0) is 23.8. The molecule has 3 aromatic rings. The second kappa shape index (κ2) is 9.54. The molecule has 0 radical (unpaired) electrons. The second-order valence-corrected chi connectivity index (χ2v) is 9.95. The number of imidazole rings is 1. The van der Waals surface area contributed by atoms with Crippen LogP contribution in [0.1, 0.15) is 57.4 Å². The molecule has 0 atom stereocenters. The number of nitrogens with one attached hydrogen (secondary N) is 2. The van der Waals surface area contributed by atoms with Crippen molar-refractivity contribution < 1.29 is 9.18 Å². The summed E-state index contributed by atoms with van der Waals surface area (Å²) in [4.78, 5) is 25.6. The number of hydrogen-bond donors (Lipinski definition) is 3. The number of rotatable bonds is 6. The summed E-state index contributed by atoms with van der Waals surface area (Å²) in [5.74, 6) is -0.0303. The minimum Gasteiger partial charge on any atom is -0.369 e. The molecule has 2 aliphatic carbocycles. The van der Waals surface area contributed by atoms with Crippen molar-refractivity contribution in [2.75, 3.05) is 10.6 Å². The molecule has 2 heterocycles. The first-order valence-electron chi connectivity index (χ1n) is 11.6. The van der Waals surface area contributed by atoms with Crippen molar-refractivity contribution in [2.24, 2.45) is 11.7 Å². The fourth-order valence-corrected chi connectivity index (χ4v) is 5.55. The van der Waals surface area contributed by atoms with Gasteiger partial charge in [-0.1, -0.05) is 36.0 Å². The van der Waals surface area contributed by atoms with Crippen molar-refractivity contribution in [2.45, 2.75) is 63.5 Å². The number of benzene rings is 1. The summed E-state index contributed by atoms with van der Waals surface area (Å²) in [6.07, 6.45) is 9.06. The first-order chi connectivity index (χ1) is 16.4. The number of nitrogens with zero attached hydrogens (tertiary/aromatic N) is 4. The lowest BCUT2D eigenvalue weighted by Crippen LogP contribution is -2.29. The van der Waals surface area contributed by atoms with Gasteiger partial charge in [0.2, 0.25) is 17.8 Å². The van der Waals surface area contributed by atoms with E-state index in [1.807, 2.05) is 4.57 Å². The van der Waals surface area contributed by atoms with Crippen LogP contribution in [-0.4, -0.2) is 31.5 Å². The predicted molar refractivity (Wildman–Crippen MR) is 131 cm³/mol. The van der Waals surface area contributed by atoms with Gasteiger partial charge in [-0.2, -0.15) is 4.98 Å². The van der Waals surface area contributed by atoms with Crippen LogP contribution in [0.2, 0.25) is 10.0 Å². The molecule has 4 N–H and O–H groups in total. The van der Waals surface area contributed by atoms with Crippen LogP contribution in [-0.2, 0) is 4.79 Å². The monoisotopic (exact) mass is 505 g/mol. The molecule has 1 amide bonds. The summed E-state index contributed by atoms with van der Waals surface area (Å²) < 4.78 is 16.7. The highest BCUT2D eigenvalue weighted by Gasteiger charge is 2.29. The molecule has 0 saturated heterocycles. The maximum absolute atomic E-state index is 14.7. The van der Waals surface area contributed by atoms with Crippen LogP contribution < -0.4 is 16.4 Å². The quantitative estimate of drug-likeness (QED) is 0.402. The SMILES string of the molecule is NC(=O)[C@H]1CC[C@@H](n2c(Nc3c(F)cc(Cl)cc3Cl)nc3cnc(NC4CCCC4)nc32)CC1. The van der Waals surface area contributed by atoms with E-state index in [0.29, 0.717) is 41.9 Å². The zero-order valence-electron chi connectivity index (χ0n) is 18.5. The summed E-state index contributed by atoms with van der Waals surface area (Å²) in [6.45, 7) is 0. The predicted octanol–water partition coefficient (Wildman–Crippen LogP) is 5.59. The number of nitrogens with two attached hydrogens (primary N) is 1. The maximum Gasteiger partial charge on any atom is 0.224 e. The molecule has 11 heteroatoms. The molecule has 0 spiro atoms. The third-order valence-electron chi connectivity index (χ3n) is 6.83. The molecule has 2 saturated carbocycles. The number of hydrogen-bond acceptors (Lipinski definition) is 6. The molecule has 0 aliphatic heterocycles. The van der Waals surface area contributed by atoms with E-state index < -0.39 is 5.82 Å². The Bertz CT molecular complexity index is 1200. The number of fused-ring (bicyclic) bond motifs is 1. The lowest BCUT2D eigenvalue weighted by atomic mass is 9.85. The van der Waals surface area contributed by atoms with Crippen LogP contribution in [0.25, 0.3) is 11.2 Å². The van der Waals surface area contributed by atoms with Crippen molar-refractivity contribution in [1.29, 1.82) is 0 Å². The average molecular weight is 506 g/mol. The fraction of sp³-hybridized carbons (Fsp3) is 0.478. The number of aromatic nitrogens is 4. The number of carbonyl (C=O) groups excluding carboxylic acids is 1. The van der Waals surface area contributed by atoms with Crippen LogP contribution in [0, 0.1) is 11.7 Å². The maximum atomic E-state index is 14.7. The summed E-state index contributed by atoms with van der Waals surface area (Å²) in [6, 6.07) is 3.04. The third kappa shape index (κ3) is 4.63. The molecular formula is C23H26Cl2FN7O. The average Bonchev–Trinajstić information content (AvgIpc) is 3.43. The Morgan fingerprint density at radius 1 is 1.09 bits per heavy atom. The number of anilines is 3. The molecule has 180 valence electrons. The van der Waals surface area contributed by atoms with Gasteiger partial charge in [0, 0.05) is 23.0 Å². The van der Waals surface area contributed by atoms with E-state index in [4.69, 9.17) is 33.9 Å². The lowest BCUT2D eigenvalue weighted by Gasteiger charge is -2.29. The van der Waals surface area contributed by atoms with Crippen molar-refractivity contribution in [3.8, 4) is 0 Å². The van der Waals surface area contributed by atoms with Gasteiger partial charge in [0.25, 0.3) is 0 Å². The summed E-state index contributed by atoms with van der Waals surface area (Å²) >= 11 is 12.2. The molecule has 34 heavy (non-hydrogen) atoms. The van der Waals surface area contributed by atoms with Crippen molar-refractivity contribution in [3.63, 3.8) is 0 Å². The Morgan fingerprint density at radius 3 is 2.50 bits per heavy atom. The van der Waals surface area contributed by atoms with Gasteiger partial charge < -0.3 is 16.4 Å². The molecule has 2 fully saturated rings. The first kappa shape index (κ1) is 23.1. The van der Waals surface area contributed by atoms with E-state index >= 15 is 0 Å². The molecule has 0 unspecified atom stereocenters. The number of carbonyl (C=O) groups is 1. The summed E-state index contributed by atoms with van der Waals surface area (Å²) in [5.41, 5.74) is 6.85. The Hall–Kier alpha value is -2.65. The number of primary amides is 1. The molecule has 8 nitrogen and oxygen atoms in total. The first-order valence-corrected chi connectivity index (χ1v) is 12.4. The van der Waals surface area contributed by atoms with Gasteiger partial charge in [-0.05, 0) is 50.7 Å². The molecular weight excluding hydrogens is 480 g/mol. The van der Waals surface area contributed by atoms with E-state index in [-0.39, 0.29) is 33.6 Å². The van der Waals surface area contributed by atoms with Gasteiger partial charge in [-0.15, -0.1) is 0 Å². The van der Waals surface area contributed by atoms with Crippen LogP contribution in [0.4, 0.5) is 22.0 Å². The van der Waals surface area contributed by atoms with Crippen molar-refractivity contribution in [3.05, 3.63) is 34.2 Å². The van der Waals surface area contributed by atoms with Crippen LogP contribution in [0.15, 0.2) is 18.3 Å². The Kier molecular flexibility index (Phi) is 6.48. The topological polar surface area (TPSA) is 111 Å². The number of halogens is 3. The van der Waals surface area contributed by atoms with Crippen molar-refractivity contribution in [1.82, 2.24) is 19.5 Å². The Balaban J connectivity index is 1.54. The Morgan fingerprint density at radius 2 is 1.82 bits per heavy atom. The van der Waals surface area contributed by atoms with Crippen LogP contribution in [0.5, 0.6) is 0 Å². The van der Waals surface area contributed by atoms with Gasteiger partial charge in [0.05, 0.1) is 16.9 Å². The highest BCUT2D eigenvalue weighted by atomic mass is 35.5. The Labute approximate surface area is 206 Å². The fourth-order valence-electron chi connectivity index (χ4n) is 5.04. The largest absolute Gasteiger partial charge is 0.369 e. The van der Waals surface area contributed by atoms with Gasteiger partial charge in [-0.25, -0.2) is 14.4 Å². The lowest BCUT2D eigenvalue weighted by molar-refractivity contribution is -0.122. The number of amides is 1. The summed E-state index contributed by atoms with van der Waals surface area (Å²) in [5, 5.41) is 6.84. The minimum atomic E-state index is -0.580. The zero-order valence-corrected chi connectivity index (χ0v) is 20.0. The highest BCUT2D eigenvalue weighted by Crippen LogP contribution is 2.38. The molecule has 0 bridgehead atoms. The van der Waals surface area contributed by atoms with Crippen LogP contribution >= 0.6 is 23.2 Å². The van der Waals surface area contributed by atoms with E-state index in [1.54, 1.807) is 6.20 Å². The summed E-state index contributed by atoms with van der Waals surface area (Å²) in [7, 11) is 0. The van der Waals surface area contributed by atoms with Gasteiger partial charge >= 0.3 is 0 Å². The smallest absolute Gasteiger partial charge is 0.224 e. The van der Waals surface area contributed by atoms with Crippen molar-refractivity contribution >= 4 is 57.9 Å². The highest BCUT2D eigenvalue weighted by molar-refractivity contribution is 6.36. The van der Waals surface area contributed by atoms with E-state index in [2.05, 4.69) is 20.6 Å². The molecule has 5 rings (SSSR count).